The van der Waals surface area contributed by atoms with Crippen LogP contribution in [0.15, 0.2) is 91.2 Å². The van der Waals surface area contributed by atoms with Crippen LogP contribution < -0.4 is 16.2 Å². The topological polar surface area (TPSA) is 63.7 Å². The fourth-order valence-electron chi connectivity index (χ4n) is 5.92. The van der Waals surface area contributed by atoms with Gasteiger partial charge in [-0.3, -0.25) is 0 Å². The number of anilines is 1. The highest BCUT2D eigenvalue weighted by molar-refractivity contribution is 7.31. The van der Waals surface area contributed by atoms with Crippen LogP contribution in [-0.4, -0.2) is 13.1 Å². The molecule has 3 aromatic carbocycles. The summed E-state index contributed by atoms with van der Waals surface area (Å²) < 4.78 is 13.8. The Morgan fingerprint density at radius 3 is 2.07 bits per heavy atom. The smallest absolute Gasteiger partial charge is 0.345 e. The highest BCUT2D eigenvalue weighted by atomic mass is 32.1. The quantitative estimate of drug-likeness (QED) is 0.127. The van der Waals surface area contributed by atoms with Gasteiger partial charge in [-0.05, 0) is 74.0 Å². The van der Waals surface area contributed by atoms with Crippen molar-refractivity contribution in [2.45, 2.75) is 40.0 Å². The Morgan fingerprint density at radius 1 is 0.698 bits per heavy atom. The Labute approximate surface area is 256 Å². The highest BCUT2D eigenvalue weighted by Gasteiger charge is 2.18. The second kappa shape index (κ2) is 11.1. The Kier molecular flexibility index (Phi) is 7.15. The first-order chi connectivity index (χ1) is 21.0. The molecule has 0 aliphatic heterocycles. The number of hydrogen-bond donors (Lipinski definition) is 0. The molecule has 7 rings (SSSR count). The Morgan fingerprint density at radius 2 is 1.37 bits per heavy atom. The van der Waals surface area contributed by atoms with E-state index in [1.807, 2.05) is 48.5 Å². The zero-order valence-corrected chi connectivity index (χ0v) is 26.0. The number of benzene rings is 3. The minimum atomic E-state index is -0.349. The highest BCUT2D eigenvalue weighted by Crippen LogP contribution is 2.41. The molecule has 5 nitrogen and oxygen atoms in total. The van der Waals surface area contributed by atoms with Crippen molar-refractivity contribution in [3.8, 4) is 20.9 Å². The Hall–Kier alpha value is -4.20. The van der Waals surface area contributed by atoms with Crippen molar-refractivity contribution in [3.05, 3.63) is 99.2 Å². The molecule has 4 aromatic heterocycles. The fourth-order valence-corrected chi connectivity index (χ4v) is 8.32. The van der Waals surface area contributed by atoms with Gasteiger partial charge in [-0.15, -0.1) is 22.7 Å². The van der Waals surface area contributed by atoms with Crippen LogP contribution in [0.1, 0.15) is 39.2 Å². The number of unbranched alkanes of at least 4 members (excludes halogenated alkanes) is 1. The summed E-state index contributed by atoms with van der Waals surface area (Å²) in [7, 11) is 0. The lowest BCUT2D eigenvalue weighted by molar-refractivity contribution is 0.563. The van der Waals surface area contributed by atoms with Crippen molar-refractivity contribution in [1.82, 2.24) is 0 Å². The molecular formula is C36H31NO4S2. The summed E-state index contributed by atoms with van der Waals surface area (Å²) in [5.41, 5.74) is 3.97. The predicted octanol–water partition coefficient (Wildman–Crippen LogP) is 9.85. The average Bonchev–Trinajstić information content (AvgIpc) is 3.59. The number of hydrogen-bond acceptors (Lipinski definition) is 7. The summed E-state index contributed by atoms with van der Waals surface area (Å²) in [4.78, 5) is 30.3. The molecule has 0 bridgehead atoms. The molecule has 0 amide bonds. The van der Waals surface area contributed by atoms with E-state index in [4.69, 9.17) is 8.83 Å². The molecule has 0 aliphatic rings. The number of fused-ring (bicyclic) bond motifs is 5. The van der Waals surface area contributed by atoms with E-state index in [1.165, 1.54) is 28.2 Å². The van der Waals surface area contributed by atoms with E-state index in [1.54, 1.807) is 0 Å². The first-order valence-corrected chi connectivity index (χ1v) is 16.5. The molecule has 43 heavy (non-hydrogen) atoms. The van der Waals surface area contributed by atoms with Crippen molar-refractivity contribution in [1.29, 1.82) is 0 Å². The van der Waals surface area contributed by atoms with E-state index in [9.17, 15) is 9.59 Å². The van der Waals surface area contributed by atoms with Crippen LogP contribution in [0.25, 0.3) is 63.0 Å². The monoisotopic (exact) mass is 605 g/mol. The second-order valence-electron chi connectivity index (χ2n) is 10.8. The molecule has 216 valence electrons. The zero-order valence-electron chi connectivity index (χ0n) is 24.4. The summed E-state index contributed by atoms with van der Waals surface area (Å²) in [6, 6.07) is 24.4. The Balaban J connectivity index is 1.24. The minimum Gasteiger partial charge on any atom is -0.422 e. The lowest BCUT2D eigenvalue weighted by atomic mass is 9.98. The van der Waals surface area contributed by atoms with E-state index in [2.05, 4.69) is 49.9 Å². The van der Waals surface area contributed by atoms with Crippen molar-refractivity contribution < 1.29 is 8.83 Å². The van der Waals surface area contributed by atoms with E-state index < -0.39 is 0 Å². The molecule has 0 atom stereocenters. The van der Waals surface area contributed by atoms with E-state index in [0.717, 1.165) is 78.7 Å². The van der Waals surface area contributed by atoms with Gasteiger partial charge in [0.2, 0.25) is 0 Å². The molecule has 7 aromatic rings. The molecule has 7 heteroatoms. The predicted molar refractivity (Wildman–Crippen MR) is 182 cm³/mol. The van der Waals surface area contributed by atoms with Gasteiger partial charge in [-0.1, -0.05) is 43.7 Å². The molecule has 0 unspecified atom stereocenters. The van der Waals surface area contributed by atoms with Crippen LogP contribution in [-0.2, 0) is 6.42 Å². The molecule has 0 saturated heterocycles. The van der Waals surface area contributed by atoms with Crippen molar-refractivity contribution in [2.24, 2.45) is 0 Å². The maximum atomic E-state index is 13.3. The third-order valence-electron chi connectivity index (χ3n) is 8.23. The average molecular weight is 606 g/mol. The van der Waals surface area contributed by atoms with Gasteiger partial charge >= 0.3 is 11.3 Å². The normalized spacial score (nSPS) is 11.8. The SMILES string of the molecule is CCCCc1cccc2c1ccc1cc(-c3cc4sc(-c5cc6ccc(N(CC)CC)cc6oc5=O)cc4s3)c(=O)oc12. The summed E-state index contributed by atoms with van der Waals surface area (Å²) in [6.45, 7) is 8.18. The lowest BCUT2D eigenvalue weighted by Gasteiger charge is -2.20. The van der Waals surface area contributed by atoms with Gasteiger partial charge in [-0.25, -0.2) is 9.59 Å². The number of nitrogens with zero attached hydrogens (tertiary/aromatic N) is 1. The molecule has 4 heterocycles. The number of rotatable bonds is 8. The van der Waals surface area contributed by atoms with E-state index >= 15 is 0 Å². The van der Waals surface area contributed by atoms with Gasteiger partial charge in [0.25, 0.3) is 0 Å². The van der Waals surface area contributed by atoms with Gasteiger partial charge in [0.1, 0.15) is 11.2 Å². The van der Waals surface area contributed by atoms with Gasteiger partial charge in [0, 0.05) is 60.2 Å². The van der Waals surface area contributed by atoms with Crippen molar-refractivity contribution >= 4 is 70.5 Å². The summed E-state index contributed by atoms with van der Waals surface area (Å²) in [6.07, 6.45) is 3.27. The van der Waals surface area contributed by atoms with Crippen molar-refractivity contribution in [3.63, 3.8) is 0 Å². The number of aryl methyl sites for hydroxylation is 1. The third-order valence-corrected chi connectivity index (χ3v) is 10.6. The Bertz CT molecular complexity index is 2230. The maximum absolute atomic E-state index is 13.3. The second-order valence-corrected chi connectivity index (χ2v) is 13.0. The van der Waals surface area contributed by atoms with Crippen LogP contribution in [0.5, 0.6) is 0 Å². The largest absolute Gasteiger partial charge is 0.422 e. The zero-order chi connectivity index (χ0) is 29.7. The van der Waals surface area contributed by atoms with Crippen LogP contribution >= 0.6 is 22.7 Å². The first-order valence-electron chi connectivity index (χ1n) is 14.8. The fraction of sp³-hybridized carbons (Fsp3) is 0.222. The summed E-state index contributed by atoms with van der Waals surface area (Å²) in [5, 5.41) is 3.92. The minimum absolute atomic E-state index is 0.340. The first kappa shape index (κ1) is 27.6. The van der Waals surface area contributed by atoms with Gasteiger partial charge in [0.15, 0.2) is 0 Å². The summed E-state index contributed by atoms with van der Waals surface area (Å²) in [5.74, 6) is 0. The van der Waals surface area contributed by atoms with Crippen molar-refractivity contribution in [2.75, 3.05) is 18.0 Å². The molecule has 0 spiro atoms. The molecule has 0 aliphatic carbocycles. The van der Waals surface area contributed by atoms with Gasteiger partial charge in [-0.2, -0.15) is 0 Å². The van der Waals surface area contributed by atoms with Crippen LogP contribution in [0.2, 0.25) is 0 Å². The lowest BCUT2D eigenvalue weighted by Crippen LogP contribution is -2.21. The van der Waals surface area contributed by atoms with E-state index in [0.29, 0.717) is 22.3 Å². The third kappa shape index (κ3) is 4.86. The maximum Gasteiger partial charge on any atom is 0.345 e. The van der Waals surface area contributed by atoms with Gasteiger partial charge in [0.05, 0.1) is 11.1 Å². The summed E-state index contributed by atoms with van der Waals surface area (Å²) >= 11 is 3.07. The van der Waals surface area contributed by atoms with Crippen LogP contribution in [0, 0.1) is 0 Å². The van der Waals surface area contributed by atoms with Gasteiger partial charge < -0.3 is 13.7 Å². The van der Waals surface area contributed by atoms with E-state index in [-0.39, 0.29) is 11.3 Å². The molecule has 0 N–H and O–H groups in total. The molecule has 0 radical (unpaired) electrons. The van der Waals surface area contributed by atoms with Crippen LogP contribution in [0.4, 0.5) is 5.69 Å². The molecule has 0 fully saturated rings. The molecular weight excluding hydrogens is 575 g/mol. The molecule has 0 saturated carbocycles. The van der Waals surface area contributed by atoms with Crippen LogP contribution in [0.3, 0.4) is 0 Å². The number of thiophene rings is 2. The standard InChI is InChI=1S/C36H31NO4S2/c1-4-7-9-21-10-8-11-26-25(21)15-13-23-17-28(36(39)41-34(23)26)31-20-33-32(43-31)19-30(42-33)27-16-22-12-14-24(37(5-2)6-3)18-29(22)40-35(27)38/h8,10-20H,4-7,9H2,1-3H3.